The summed E-state index contributed by atoms with van der Waals surface area (Å²) in [6.45, 7) is 4.12. The van der Waals surface area contributed by atoms with E-state index in [1.165, 1.54) is 0 Å². The van der Waals surface area contributed by atoms with Gasteiger partial charge in [0.25, 0.3) is 5.91 Å². The number of thioether (sulfide) groups is 1. The van der Waals surface area contributed by atoms with Gasteiger partial charge < -0.3 is 20.7 Å². The second kappa shape index (κ2) is 15.0. The van der Waals surface area contributed by atoms with Crippen molar-refractivity contribution < 1.29 is 9.53 Å². The van der Waals surface area contributed by atoms with Crippen molar-refractivity contribution in [1.82, 2.24) is 35.0 Å². The Kier molecular flexibility index (Phi) is 10.6. The van der Waals surface area contributed by atoms with Crippen LogP contribution in [0.15, 0.2) is 73.6 Å². The number of hydrogen-bond donors (Lipinski definition) is 3. The average Bonchev–Trinajstić information content (AvgIpc) is 3.53. The number of benzene rings is 1. The van der Waals surface area contributed by atoms with Crippen LogP contribution in [0.3, 0.4) is 0 Å². The summed E-state index contributed by atoms with van der Waals surface area (Å²) >= 11 is 1.80. The standard InChI is InChI=1S/C33H39N9O2S/c1-5-12-33(21-45-4,27-8-6-7-25-26(32(43)34-2)11-13-35-31(25)27)20-37-30-16-28(38-22-39-30)23-9-10-29(36-17-23)41-24-18-40-42(19-24)14-15-44-3/h6-11,13,16-19,22H,5,12,14-15,20-21H2,1-4H3,(H,34,43)(H,36,41)(H,37,38,39). The molecule has 1 amide bonds. The second-order valence-corrected chi connectivity index (χ2v) is 11.7. The summed E-state index contributed by atoms with van der Waals surface area (Å²) in [7, 11) is 3.32. The Morgan fingerprint density at radius 3 is 2.71 bits per heavy atom. The molecule has 0 aliphatic rings. The molecule has 5 aromatic rings. The van der Waals surface area contributed by atoms with Crippen molar-refractivity contribution in [3.8, 4) is 11.3 Å². The lowest BCUT2D eigenvalue weighted by Crippen LogP contribution is -2.37. The molecule has 1 unspecified atom stereocenters. The van der Waals surface area contributed by atoms with Crippen LogP contribution >= 0.6 is 11.8 Å². The first-order valence-corrected chi connectivity index (χ1v) is 16.3. The van der Waals surface area contributed by atoms with Gasteiger partial charge in [0, 0.05) is 67.5 Å². The molecule has 11 nitrogen and oxygen atoms in total. The molecule has 1 atom stereocenters. The van der Waals surface area contributed by atoms with Gasteiger partial charge in [-0.1, -0.05) is 31.5 Å². The predicted molar refractivity (Wildman–Crippen MR) is 181 cm³/mol. The van der Waals surface area contributed by atoms with Crippen LogP contribution in [-0.4, -0.2) is 74.9 Å². The van der Waals surface area contributed by atoms with Crippen molar-refractivity contribution in [1.29, 1.82) is 0 Å². The number of aromatic nitrogens is 6. The molecule has 0 aliphatic heterocycles. The summed E-state index contributed by atoms with van der Waals surface area (Å²) in [6, 6.07) is 13.8. The van der Waals surface area contributed by atoms with Crippen LogP contribution in [-0.2, 0) is 16.7 Å². The number of methoxy groups -OCH3 is 1. The molecule has 0 bridgehead atoms. The van der Waals surface area contributed by atoms with Crippen LogP contribution in [0, 0.1) is 0 Å². The van der Waals surface area contributed by atoms with Crippen LogP contribution in [0.1, 0.15) is 35.7 Å². The van der Waals surface area contributed by atoms with E-state index in [2.05, 4.69) is 55.2 Å². The summed E-state index contributed by atoms with van der Waals surface area (Å²) in [5.41, 5.74) is 4.86. The maximum atomic E-state index is 12.6. The molecule has 234 valence electrons. The predicted octanol–water partition coefficient (Wildman–Crippen LogP) is 5.55. The third kappa shape index (κ3) is 7.40. The van der Waals surface area contributed by atoms with Gasteiger partial charge >= 0.3 is 0 Å². The molecule has 1 aromatic carbocycles. The molecular formula is C33H39N9O2S. The largest absolute Gasteiger partial charge is 0.383 e. The highest BCUT2D eigenvalue weighted by Crippen LogP contribution is 2.37. The number of nitrogens with one attached hydrogen (secondary N) is 3. The molecule has 5 rings (SSSR count). The lowest BCUT2D eigenvalue weighted by atomic mass is 9.77. The lowest BCUT2D eigenvalue weighted by molar-refractivity contribution is 0.0964. The van der Waals surface area contributed by atoms with E-state index in [4.69, 9.17) is 9.72 Å². The fourth-order valence-electron chi connectivity index (χ4n) is 5.58. The van der Waals surface area contributed by atoms with Crippen LogP contribution < -0.4 is 16.0 Å². The Morgan fingerprint density at radius 2 is 1.96 bits per heavy atom. The molecule has 4 aromatic heterocycles. The fraction of sp³-hybridized carbons (Fsp3) is 0.333. The van der Waals surface area contributed by atoms with Crippen molar-refractivity contribution in [2.45, 2.75) is 31.7 Å². The third-order valence-electron chi connectivity index (χ3n) is 7.73. The minimum atomic E-state index is -0.251. The molecule has 0 saturated heterocycles. The first kappa shape index (κ1) is 31.9. The number of pyridine rings is 2. The number of fused-ring (bicyclic) bond motifs is 1. The smallest absolute Gasteiger partial charge is 0.251 e. The highest BCUT2D eigenvalue weighted by Gasteiger charge is 2.33. The zero-order valence-electron chi connectivity index (χ0n) is 26.1. The minimum Gasteiger partial charge on any atom is -0.383 e. The fourth-order valence-corrected chi connectivity index (χ4v) is 6.54. The molecule has 0 fully saturated rings. The third-order valence-corrected chi connectivity index (χ3v) is 8.57. The van der Waals surface area contributed by atoms with Crippen molar-refractivity contribution in [3.63, 3.8) is 0 Å². The van der Waals surface area contributed by atoms with Gasteiger partial charge in [0.05, 0.1) is 41.8 Å². The molecular weight excluding hydrogens is 586 g/mol. The van der Waals surface area contributed by atoms with Crippen LogP contribution in [0.5, 0.6) is 0 Å². The van der Waals surface area contributed by atoms with Crippen molar-refractivity contribution in [2.24, 2.45) is 0 Å². The van der Waals surface area contributed by atoms with Gasteiger partial charge in [0.1, 0.15) is 18.0 Å². The number of rotatable bonds is 15. The van der Waals surface area contributed by atoms with Gasteiger partial charge in [-0.2, -0.15) is 16.9 Å². The van der Waals surface area contributed by atoms with Gasteiger partial charge in [-0.05, 0) is 36.4 Å². The van der Waals surface area contributed by atoms with E-state index in [1.54, 1.807) is 56.9 Å². The Hall–Kier alpha value is -4.55. The first-order chi connectivity index (χ1) is 22.0. The van der Waals surface area contributed by atoms with E-state index in [0.717, 1.165) is 57.8 Å². The van der Waals surface area contributed by atoms with Gasteiger partial charge in [0.15, 0.2) is 0 Å². The topological polar surface area (TPSA) is 132 Å². The second-order valence-electron chi connectivity index (χ2n) is 10.8. The molecule has 12 heteroatoms. The number of carbonyl (C=O) groups is 1. The minimum absolute atomic E-state index is 0.121. The monoisotopic (exact) mass is 625 g/mol. The lowest BCUT2D eigenvalue weighted by Gasteiger charge is -2.35. The number of para-hydroxylation sites is 1. The van der Waals surface area contributed by atoms with Crippen molar-refractivity contribution in [3.05, 3.63) is 84.7 Å². The summed E-state index contributed by atoms with van der Waals surface area (Å²) in [5, 5.41) is 14.8. The molecule has 4 heterocycles. The van der Waals surface area contributed by atoms with Crippen LogP contribution in [0.4, 0.5) is 17.3 Å². The molecule has 0 aliphatic carbocycles. The summed E-state index contributed by atoms with van der Waals surface area (Å²) in [4.78, 5) is 31.1. The van der Waals surface area contributed by atoms with Gasteiger partial charge in [-0.15, -0.1) is 0 Å². The van der Waals surface area contributed by atoms with E-state index in [1.807, 2.05) is 41.2 Å². The zero-order valence-corrected chi connectivity index (χ0v) is 26.9. The maximum absolute atomic E-state index is 12.6. The Morgan fingerprint density at radius 1 is 1.07 bits per heavy atom. The average molecular weight is 626 g/mol. The zero-order chi connectivity index (χ0) is 31.6. The molecule has 45 heavy (non-hydrogen) atoms. The first-order valence-electron chi connectivity index (χ1n) is 14.9. The normalized spacial score (nSPS) is 12.5. The Balaban J connectivity index is 1.36. The Labute approximate surface area is 267 Å². The number of hydrogen-bond acceptors (Lipinski definition) is 10. The summed E-state index contributed by atoms with van der Waals surface area (Å²) in [6.07, 6.45) is 12.8. The van der Waals surface area contributed by atoms with Crippen molar-refractivity contribution in [2.75, 3.05) is 50.0 Å². The van der Waals surface area contributed by atoms with E-state index in [-0.39, 0.29) is 11.3 Å². The van der Waals surface area contributed by atoms with Crippen LogP contribution in [0.2, 0.25) is 0 Å². The molecule has 3 N–H and O–H groups in total. The number of nitrogens with zero attached hydrogens (tertiary/aromatic N) is 6. The van der Waals surface area contributed by atoms with Crippen LogP contribution in [0.25, 0.3) is 22.2 Å². The molecule has 0 radical (unpaired) electrons. The van der Waals surface area contributed by atoms with E-state index in [9.17, 15) is 4.79 Å². The number of amides is 1. The summed E-state index contributed by atoms with van der Waals surface area (Å²) in [5.74, 6) is 2.19. The van der Waals surface area contributed by atoms with E-state index < -0.39 is 0 Å². The molecule has 0 saturated carbocycles. The van der Waals surface area contributed by atoms with E-state index >= 15 is 0 Å². The highest BCUT2D eigenvalue weighted by atomic mass is 32.2. The SMILES string of the molecule is CCCC(CNc1cc(-c2ccc(Nc3cnn(CCOC)c3)nc2)ncn1)(CSC)c1cccc2c(C(=O)NC)ccnc12. The van der Waals surface area contributed by atoms with Gasteiger partial charge in [-0.3, -0.25) is 14.5 Å². The summed E-state index contributed by atoms with van der Waals surface area (Å²) < 4.78 is 6.94. The number of carbonyl (C=O) groups excluding carboxylic acids is 1. The maximum Gasteiger partial charge on any atom is 0.251 e. The Bertz CT molecular complexity index is 1720. The molecule has 0 spiro atoms. The quantitative estimate of drug-likeness (QED) is 0.136. The van der Waals surface area contributed by atoms with Gasteiger partial charge in [0.2, 0.25) is 0 Å². The van der Waals surface area contributed by atoms with Crippen molar-refractivity contribution >= 4 is 45.9 Å². The number of anilines is 3. The van der Waals surface area contributed by atoms with Gasteiger partial charge in [-0.25, -0.2) is 15.0 Å². The van der Waals surface area contributed by atoms with E-state index in [0.29, 0.717) is 31.1 Å². The highest BCUT2D eigenvalue weighted by molar-refractivity contribution is 7.98. The number of ether oxygens (including phenoxy) is 1.